The van der Waals surface area contributed by atoms with Crippen LogP contribution in [0.25, 0.3) is 0 Å². The first-order valence-corrected chi connectivity index (χ1v) is 9.10. The van der Waals surface area contributed by atoms with E-state index in [-0.39, 0.29) is 46.8 Å². The molecule has 3 rings (SSSR count). The van der Waals surface area contributed by atoms with Crippen molar-refractivity contribution in [3.8, 4) is 0 Å². The highest BCUT2D eigenvalue weighted by Gasteiger charge is 2.33. The average Bonchev–Trinajstić information content (AvgIpc) is 2.98. The number of halogens is 3. The number of rotatable bonds is 4. The largest absolute Gasteiger partial charge is 0.370 e. The summed E-state index contributed by atoms with van der Waals surface area (Å²) in [6.07, 6.45) is 0.993. The number of hydrogen-bond donors (Lipinski definition) is 2. The summed E-state index contributed by atoms with van der Waals surface area (Å²) in [6, 6.07) is 13.1. The van der Waals surface area contributed by atoms with E-state index in [0.717, 1.165) is 24.2 Å². The maximum absolute atomic E-state index is 13.9. The van der Waals surface area contributed by atoms with Gasteiger partial charge in [-0.1, -0.05) is 35.4 Å². The van der Waals surface area contributed by atoms with Crippen LogP contribution in [0.2, 0.25) is 5.02 Å². The maximum Gasteiger partial charge on any atom is 0.193 e. The molecule has 0 saturated carbocycles. The highest BCUT2D eigenvalue weighted by atomic mass is 127. The normalized spacial score (nSPS) is 20.4. The first-order chi connectivity index (χ1) is 12.4. The summed E-state index contributed by atoms with van der Waals surface area (Å²) in [5.41, 5.74) is 9.07. The van der Waals surface area contributed by atoms with Crippen LogP contribution in [0.3, 0.4) is 0 Å². The molecule has 27 heavy (non-hydrogen) atoms. The van der Waals surface area contributed by atoms with Gasteiger partial charge in [-0.3, -0.25) is 9.89 Å². The third-order valence-electron chi connectivity index (χ3n) is 4.88. The summed E-state index contributed by atoms with van der Waals surface area (Å²) in [5, 5.41) is 3.26. The lowest BCUT2D eigenvalue weighted by atomic mass is 9.94. The topological polar surface area (TPSA) is 53.6 Å². The second kappa shape index (κ2) is 9.71. The Morgan fingerprint density at radius 3 is 2.67 bits per heavy atom. The van der Waals surface area contributed by atoms with E-state index in [1.54, 1.807) is 6.07 Å². The number of aliphatic imine (C=N–C) groups is 1. The number of nitrogens with zero attached hydrogens (tertiary/aromatic N) is 2. The van der Waals surface area contributed by atoms with Gasteiger partial charge >= 0.3 is 0 Å². The molecule has 146 valence electrons. The van der Waals surface area contributed by atoms with E-state index in [1.165, 1.54) is 11.6 Å². The number of nitrogens with one attached hydrogen (secondary N) is 1. The van der Waals surface area contributed by atoms with Gasteiger partial charge < -0.3 is 11.1 Å². The van der Waals surface area contributed by atoms with Gasteiger partial charge in [0, 0.05) is 18.3 Å². The van der Waals surface area contributed by atoms with Crippen molar-refractivity contribution in [3.63, 3.8) is 0 Å². The first kappa shape index (κ1) is 21.9. The summed E-state index contributed by atoms with van der Waals surface area (Å²) in [5.74, 6) is 0.288. The van der Waals surface area contributed by atoms with Gasteiger partial charge in [0.15, 0.2) is 5.96 Å². The minimum Gasteiger partial charge on any atom is -0.370 e. The molecule has 1 fully saturated rings. The fourth-order valence-corrected chi connectivity index (χ4v) is 3.60. The number of nitrogens with two attached hydrogens (primary N) is 1. The van der Waals surface area contributed by atoms with Crippen LogP contribution in [0.4, 0.5) is 10.1 Å². The van der Waals surface area contributed by atoms with Crippen LogP contribution in [0, 0.1) is 18.7 Å². The van der Waals surface area contributed by atoms with E-state index in [2.05, 4.69) is 22.3 Å². The van der Waals surface area contributed by atoms with E-state index < -0.39 is 0 Å². The van der Waals surface area contributed by atoms with E-state index in [4.69, 9.17) is 17.3 Å². The molecule has 1 saturated heterocycles. The summed E-state index contributed by atoms with van der Waals surface area (Å²) in [7, 11) is 2.05. The van der Waals surface area contributed by atoms with Crippen molar-refractivity contribution in [2.45, 2.75) is 19.4 Å². The summed E-state index contributed by atoms with van der Waals surface area (Å²) < 4.78 is 13.9. The molecule has 3 N–H and O–H groups in total. The molecule has 0 radical (unpaired) electrons. The van der Waals surface area contributed by atoms with Gasteiger partial charge in [-0.15, -0.1) is 24.0 Å². The van der Waals surface area contributed by atoms with Crippen LogP contribution in [0.1, 0.15) is 23.6 Å². The minimum absolute atomic E-state index is 0. The van der Waals surface area contributed by atoms with Crippen LogP contribution in [0.15, 0.2) is 47.5 Å². The summed E-state index contributed by atoms with van der Waals surface area (Å²) >= 11 is 5.81. The molecule has 0 aliphatic carbocycles. The Morgan fingerprint density at radius 1 is 1.30 bits per heavy atom. The predicted molar refractivity (Wildman–Crippen MR) is 122 cm³/mol. The van der Waals surface area contributed by atoms with Crippen molar-refractivity contribution in [1.29, 1.82) is 0 Å². The molecular formula is C20H25ClFIN4. The van der Waals surface area contributed by atoms with E-state index in [0.29, 0.717) is 12.5 Å². The third kappa shape index (κ3) is 5.56. The summed E-state index contributed by atoms with van der Waals surface area (Å²) in [6.45, 7) is 3.57. The van der Waals surface area contributed by atoms with Crippen molar-refractivity contribution in [3.05, 3.63) is 64.4 Å². The average molecular weight is 503 g/mol. The number of benzene rings is 2. The molecular weight excluding hydrogens is 478 g/mol. The number of guanidine groups is 1. The van der Waals surface area contributed by atoms with Gasteiger partial charge in [0.05, 0.1) is 5.02 Å². The smallest absolute Gasteiger partial charge is 0.193 e. The zero-order chi connectivity index (χ0) is 18.7. The first-order valence-electron chi connectivity index (χ1n) is 8.73. The standard InChI is InChI=1S/C20H24ClFN4.HI/c1-13-3-6-16(7-4-13)25-20(23)24-12-15-9-10-26(2)19(15)14-5-8-17(21)18(22)11-14;/h3-8,11,15,19H,9-10,12H2,1-2H3,(H3,23,24,25);1H. The van der Waals surface area contributed by atoms with Gasteiger partial charge in [-0.25, -0.2) is 4.39 Å². The fourth-order valence-electron chi connectivity index (χ4n) is 3.48. The molecule has 0 spiro atoms. The van der Waals surface area contributed by atoms with Crippen molar-refractivity contribution < 1.29 is 4.39 Å². The zero-order valence-corrected chi connectivity index (χ0v) is 18.5. The molecule has 0 aromatic heterocycles. The van der Waals surface area contributed by atoms with Gasteiger partial charge in [0.1, 0.15) is 5.82 Å². The van der Waals surface area contributed by atoms with E-state index >= 15 is 0 Å². The molecule has 7 heteroatoms. The molecule has 2 aromatic carbocycles. The Balaban J connectivity index is 0.00000261. The van der Waals surface area contributed by atoms with Crippen LogP contribution in [-0.2, 0) is 0 Å². The van der Waals surface area contributed by atoms with Gasteiger partial charge in [0.2, 0.25) is 0 Å². The Bertz CT molecular complexity index is 797. The summed E-state index contributed by atoms with van der Waals surface area (Å²) in [4.78, 5) is 6.74. The Hall–Kier alpha value is -1.38. The Labute approximate surface area is 182 Å². The van der Waals surface area contributed by atoms with Crippen molar-refractivity contribution in [1.82, 2.24) is 4.90 Å². The number of aryl methyl sites for hydroxylation is 1. The van der Waals surface area contributed by atoms with Crippen LogP contribution in [0.5, 0.6) is 0 Å². The quantitative estimate of drug-likeness (QED) is 0.358. The number of anilines is 1. The molecule has 0 amide bonds. The van der Waals surface area contributed by atoms with Gasteiger partial charge in [0.25, 0.3) is 0 Å². The molecule has 1 heterocycles. The zero-order valence-electron chi connectivity index (χ0n) is 15.5. The molecule has 1 aliphatic rings. The Kier molecular flexibility index (Phi) is 7.88. The molecule has 2 atom stereocenters. The molecule has 2 aromatic rings. The second-order valence-corrected chi connectivity index (χ2v) is 7.27. The van der Waals surface area contributed by atoms with Crippen molar-refractivity contribution >= 4 is 47.2 Å². The van der Waals surface area contributed by atoms with Crippen molar-refractivity contribution in [2.75, 3.05) is 25.5 Å². The minimum atomic E-state index is -0.382. The highest BCUT2D eigenvalue weighted by molar-refractivity contribution is 14.0. The molecule has 0 bridgehead atoms. The molecule has 1 aliphatic heterocycles. The highest BCUT2D eigenvalue weighted by Crippen LogP contribution is 2.37. The third-order valence-corrected chi connectivity index (χ3v) is 5.19. The van der Waals surface area contributed by atoms with Gasteiger partial charge in [-0.2, -0.15) is 0 Å². The maximum atomic E-state index is 13.9. The SMILES string of the molecule is Cc1ccc(NC(N)=NCC2CCN(C)C2c2ccc(Cl)c(F)c2)cc1.I. The fraction of sp³-hybridized carbons (Fsp3) is 0.350. The lowest BCUT2D eigenvalue weighted by Crippen LogP contribution is -2.26. The van der Waals surface area contributed by atoms with E-state index in [1.807, 2.05) is 37.3 Å². The predicted octanol–water partition coefficient (Wildman–Crippen LogP) is 4.83. The lowest BCUT2D eigenvalue weighted by molar-refractivity contribution is 0.279. The lowest BCUT2D eigenvalue weighted by Gasteiger charge is -2.25. The van der Waals surface area contributed by atoms with Crippen LogP contribution < -0.4 is 11.1 Å². The second-order valence-electron chi connectivity index (χ2n) is 6.86. The monoisotopic (exact) mass is 502 g/mol. The van der Waals surface area contributed by atoms with Gasteiger partial charge in [-0.05, 0) is 62.7 Å². The van der Waals surface area contributed by atoms with Crippen LogP contribution in [-0.4, -0.2) is 31.0 Å². The number of likely N-dealkylation sites (tertiary alicyclic amines) is 1. The van der Waals surface area contributed by atoms with Crippen molar-refractivity contribution in [2.24, 2.45) is 16.6 Å². The number of hydrogen-bond acceptors (Lipinski definition) is 2. The van der Waals surface area contributed by atoms with Crippen LogP contribution >= 0.6 is 35.6 Å². The molecule has 2 unspecified atom stereocenters. The Morgan fingerprint density at radius 2 is 2.00 bits per heavy atom. The van der Waals surface area contributed by atoms with E-state index in [9.17, 15) is 4.39 Å². The molecule has 4 nitrogen and oxygen atoms in total.